The summed E-state index contributed by atoms with van der Waals surface area (Å²) in [5.74, 6) is -1.73. The summed E-state index contributed by atoms with van der Waals surface area (Å²) in [5, 5.41) is 0. The lowest BCUT2D eigenvalue weighted by Gasteiger charge is -2.16. The second-order valence-electron chi connectivity index (χ2n) is 7.66. The highest BCUT2D eigenvalue weighted by Gasteiger charge is 2.43. The number of hydrogen-bond donors (Lipinski definition) is 2. The van der Waals surface area contributed by atoms with Gasteiger partial charge in [-0.15, -0.1) is 0 Å². The van der Waals surface area contributed by atoms with Crippen LogP contribution in [0.2, 0.25) is 0 Å². The molecule has 0 aliphatic rings. The molecule has 3 aromatic carbocycles. The molecule has 3 aromatic rings. The highest BCUT2D eigenvalue weighted by molar-refractivity contribution is 5.91. The van der Waals surface area contributed by atoms with Crippen LogP contribution in [-0.4, -0.2) is 31.1 Å². The number of carbonyl (C=O) groups is 2. The van der Waals surface area contributed by atoms with E-state index in [1.807, 2.05) is 0 Å². The maximum atomic E-state index is 13.0. The standard InChI is InChI=1S/C26H22F4N2O5/c27-25(28)26(29,30)37-21-9-4-17(5-10-21)24(34)36-20-7-1-16(2-8-20)3-12-23(33)35-14-13-18-15-19(31)6-11-22(18)32/h1-12,15,25H,13-14,31-32H2/b12-3+. The second-order valence-corrected chi connectivity index (χ2v) is 7.66. The quantitative estimate of drug-likeness (QED) is 0.126. The molecular formula is C26H22F4N2O5. The van der Waals surface area contributed by atoms with Gasteiger partial charge in [0.15, 0.2) is 0 Å². The summed E-state index contributed by atoms with van der Waals surface area (Å²) >= 11 is 0. The van der Waals surface area contributed by atoms with Crippen LogP contribution in [-0.2, 0) is 16.0 Å². The molecule has 0 saturated heterocycles. The van der Waals surface area contributed by atoms with E-state index in [9.17, 15) is 27.2 Å². The van der Waals surface area contributed by atoms with Crippen molar-refractivity contribution in [3.05, 3.63) is 89.5 Å². The maximum absolute atomic E-state index is 13.0. The predicted molar refractivity (Wildman–Crippen MR) is 128 cm³/mol. The van der Waals surface area contributed by atoms with Gasteiger partial charge >= 0.3 is 24.5 Å². The van der Waals surface area contributed by atoms with Crippen molar-refractivity contribution >= 4 is 29.4 Å². The topological polar surface area (TPSA) is 114 Å². The van der Waals surface area contributed by atoms with Crippen molar-refractivity contribution in [3.8, 4) is 11.5 Å². The predicted octanol–water partition coefficient (Wildman–Crippen LogP) is 5.11. The number of nitrogens with two attached hydrogens (primary N) is 2. The van der Waals surface area contributed by atoms with Gasteiger partial charge in [-0.2, -0.15) is 17.6 Å². The van der Waals surface area contributed by atoms with Gasteiger partial charge in [0.05, 0.1) is 12.2 Å². The molecule has 0 fully saturated rings. The number of halogens is 4. The van der Waals surface area contributed by atoms with Crippen LogP contribution < -0.4 is 20.9 Å². The molecule has 194 valence electrons. The van der Waals surface area contributed by atoms with Crippen molar-refractivity contribution < 1.29 is 41.4 Å². The molecule has 0 aliphatic carbocycles. The molecule has 0 spiro atoms. The Labute approximate surface area is 209 Å². The first kappa shape index (κ1) is 27.1. The Bertz CT molecular complexity index is 1260. The minimum absolute atomic E-state index is 0.0145. The summed E-state index contributed by atoms with van der Waals surface area (Å²) < 4.78 is 64.6. The Morgan fingerprint density at radius 3 is 2.22 bits per heavy atom. The number of esters is 2. The van der Waals surface area contributed by atoms with Gasteiger partial charge in [0.1, 0.15) is 11.5 Å². The molecule has 0 radical (unpaired) electrons. The van der Waals surface area contributed by atoms with Gasteiger partial charge in [-0.1, -0.05) is 12.1 Å². The number of anilines is 2. The van der Waals surface area contributed by atoms with Crippen molar-refractivity contribution in [1.82, 2.24) is 0 Å². The molecule has 0 atom stereocenters. The zero-order valence-corrected chi connectivity index (χ0v) is 19.2. The summed E-state index contributed by atoms with van der Waals surface area (Å²) in [5.41, 5.74) is 14.1. The van der Waals surface area contributed by atoms with Gasteiger partial charge in [0.25, 0.3) is 0 Å². The molecule has 0 aromatic heterocycles. The fraction of sp³-hybridized carbons (Fsp3) is 0.154. The Kier molecular flexibility index (Phi) is 8.72. The van der Waals surface area contributed by atoms with Crippen LogP contribution in [0.15, 0.2) is 72.8 Å². The van der Waals surface area contributed by atoms with E-state index in [2.05, 4.69) is 4.74 Å². The highest BCUT2D eigenvalue weighted by Crippen LogP contribution is 2.27. The third-order valence-electron chi connectivity index (χ3n) is 4.88. The van der Waals surface area contributed by atoms with E-state index < -0.39 is 30.2 Å². The van der Waals surface area contributed by atoms with Crippen LogP contribution in [0.4, 0.5) is 28.9 Å². The second kappa shape index (κ2) is 11.9. The van der Waals surface area contributed by atoms with Crippen molar-refractivity contribution in [3.63, 3.8) is 0 Å². The molecule has 11 heteroatoms. The number of carbonyl (C=O) groups excluding carboxylic acids is 2. The Balaban J connectivity index is 1.48. The number of hydrogen-bond acceptors (Lipinski definition) is 7. The summed E-state index contributed by atoms with van der Waals surface area (Å²) in [4.78, 5) is 24.2. The molecule has 0 amide bonds. The van der Waals surface area contributed by atoms with Gasteiger partial charge in [-0.25, -0.2) is 9.59 Å². The molecular weight excluding hydrogens is 496 g/mol. The van der Waals surface area contributed by atoms with Crippen LogP contribution >= 0.6 is 0 Å². The fourth-order valence-corrected chi connectivity index (χ4v) is 2.99. The van der Waals surface area contributed by atoms with Crippen molar-refractivity contribution in [1.29, 1.82) is 0 Å². The summed E-state index contributed by atoms with van der Waals surface area (Å²) in [6, 6.07) is 15.3. The van der Waals surface area contributed by atoms with E-state index in [0.717, 1.165) is 29.8 Å². The molecule has 3 rings (SSSR count). The number of benzene rings is 3. The lowest BCUT2D eigenvalue weighted by Crippen LogP contribution is -2.33. The average molecular weight is 518 g/mol. The van der Waals surface area contributed by atoms with Gasteiger partial charge in [-0.05, 0) is 71.8 Å². The lowest BCUT2D eigenvalue weighted by atomic mass is 10.1. The Hall–Kier alpha value is -4.54. The molecule has 0 saturated carbocycles. The Morgan fingerprint density at radius 1 is 0.919 bits per heavy atom. The monoisotopic (exact) mass is 518 g/mol. The van der Waals surface area contributed by atoms with Crippen LogP contribution in [0, 0.1) is 0 Å². The summed E-state index contributed by atoms with van der Waals surface area (Å²) in [6.45, 7) is 0.119. The average Bonchev–Trinajstić information content (AvgIpc) is 2.86. The lowest BCUT2D eigenvalue weighted by molar-refractivity contribution is -0.253. The van der Waals surface area contributed by atoms with Gasteiger partial charge in [-0.3, -0.25) is 0 Å². The van der Waals surface area contributed by atoms with Gasteiger partial charge in [0.2, 0.25) is 0 Å². The number of rotatable bonds is 10. The normalized spacial score (nSPS) is 11.5. The zero-order valence-electron chi connectivity index (χ0n) is 19.2. The van der Waals surface area contributed by atoms with E-state index in [0.29, 0.717) is 23.4 Å². The summed E-state index contributed by atoms with van der Waals surface area (Å²) in [7, 11) is 0. The third-order valence-corrected chi connectivity index (χ3v) is 4.88. The number of alkyl halides is 4. The SMILES string of the molecule is Nc1ccc(N)c(CCOC(=O)/C=C/c2ccc(OC(=O)c3ccc(OC(F)(F)C(F)F)cc3)cc2)c1. The van der Waals surface area contributed by atoms with E-state index in [-0.39, 0.29) is 17.9 Å². The van der Waals surface area contributed by atoms with E-state index in [4.69, 9.17) is 20.9 Å². The van der Waals surface area contributed by atoms with E-state index >= 15 is 0 Å². The maximum Gasteiger partial charge on any atom is 0.461 e. The molecule has 0 bridgehead atoms. The van der Waals surface area contributed by atoms with Crippen LogP contribution in [0.3, 0.4) is 0 Å². The van der Waals surface area contributed by atoms with Gasteiger partial charge in [0, 0.05) is 23.9 Å². The Morgan fingerprint density at radius 2 is 1.57 bits per heavy atom. The van der Waals surface area contributed by atoms with Gasteiger partial charge < -0.3 is 25.7 Å². The minimum atomic E-state index is -4.65. The third kappa shape index (κ3) is 7.99. The zero-order chi connectivity index (χ0) is 27.0. The van der Waals surface area contributed by atoms with Crippen LogP contribution in [0.1, 0.15) is 21.5 Å². The molecule has 37 heavy (non-hydrogen) atoms. The molecule has 0 unspecified atom stereocenters. The largest absolute Gasteiger partial charge is 0.462 e. The van der Waals surface area contributed by atoms with E-state index in [1.54, 1.807) is 30.3 Å². The van der Waals surface area contributed by atoms with Crippen molar-refractivity contribution in [2.75, 3.05) is 18.1 Å². The smallest absolute Gasteiger partial charge is 0.461 e. The van der Waals surface area contributed by atoms with Crippen LogP contribution in [0.5, 0.6) is 11.5 Å². The minimum Gasteiger partial charge on any atom is -0.462 e. The molecule has 4 N–H and O–H groups in total. The van der Waals surface area contributed by atoms with Crippen molar-refractivity contribution in [2.24, 2.45) is 0 Å². The summed E-state index contributed by atoms with van der Waals surface area (Å²) in [6.07, 6.45) is -5.49. The molecule has 0 aliphatic heterocycles. The van der Waals surface area contributed by atoms with Crippen molar-refractivity contribution in [2.45, 2.75) is 19.0 Å². The first-order valence-electron chi connectivity index (χ1n) is 10.8. The number of ether oxygens (including phenoxy) is 3. The van der Waals surface area contributed by atoms with E-state index in [1.165, 1.54) is 24.3 Å². The first-order chi connectivity index (χ1) is 17.5. The van der Waals surface area contributed by atoms with Crippen LogP contribution in [0.25, 0.3) is 6.08 Å². The molecule has 7 nitrogen and oxygen atoms in total. The number of nitrogen functional groups attached to an aromatic ring is 2. The molecule has 0 heterocycles. The first-order valence-corrected chi connectivity index (χ1v) is 10.8. The fourth-order valence-electron chi connectivity index (χ4n) is 2.99. The highest BCUT2D eigenvalue weighted by atomic mass is 19.3.